The summed E-state index contributed by atoms with van der Waals surface area (Å²) in [6, 6.07) is 8.88. The number of hydrogen-bond acceptors (Lipinski definition) is 3. The highest BCUT2D eigenvalue weighted by atomic mass is 15.4. The largest absolute Gasteiger partial charge is 0.305 e. The van der Waals surface area contributed by atoms with E-state index in [-0.39, 0.29) is 0 Å². The van der Waals surface area contributed by atoms with Crippen molar-refractivity contribution in [1.29, 1.82) is 0 Å². The van der Waals surface area contributed by atoms with E-state index in [2.05, 4.69) is 53.7 Å². The van der Waals surface area contributed by atoms with Gasteiger partial charge in [-0.05, 0) is 19.4 Å². The van der Waals surface area contributed by atoms with Crippen molar-refractivity contribution >= 4 is 0 Å². The van der Waals surface area contributed by atoms with Crippen molar-refractivity contribution in [1.82, 2.24) is 20.3 Å². The molecule has 1 aromatic heterocycles. The Morgan fingerprint density at radius 3 is 2.88 bits per heavy atom. The second-order valence-corrected chi connectivity index (χ2v) is 4.37. The normalized spacial score (nSPS) is 12.6. The molecule has 0 aliphatic heterocycles. The minimum Gasteiger partial charge on any atom is -0.305 e. The lowest BCUT2D eigenvalue weighted by molar-refractivity contribution is 0.546. The summed E-state index contributed by atoms with van der Waals surface area (Å²) in [7, 11) is 1.90. The quantitative estimate of drug-likeness (QED) is 0.873. The smallest absolute Gasteiger partial charge is 0.0738 e. The van der Waals surface area contributed by atoms with Crippen molar-refractivity contribution in [3.63, 3.8) is 0 Å². The fraction of sp³-hybridized carbons (Fsp3) is 0.385. The molecule has 0 fully saturated rings. The molecular weight excluding hydrogens is 212 g/mol. The maximum atomic E-state index is 3.91. The molecule has 90 valence electrons. The Morgan fingerprint density at radius 1 is 1.41 bits per heavy atom. The summed E-state index contributed by atoms with van der Waals surface area (Å²) in [4.78, 5) is 0. The van der Waals surface area contributed by atoms with Crippen LogP contribution in [0.25, 0.3) is 0 Å². The van der Waals surface area contributed by atoms with Gasteiger partial charge >= 0.3 is 0 Å². The Kier molecular flexibility index (Phi) is 3.54. The van der Waals surface area contributed by atoms with E-state index >= 15 is 0 Å². The number of nitrogens with zero attached hydrogens (tertiary/aromatic N) is 3. The third kappa shape index (κ3) is 2.91. The number of hydrogen-bond donors (Lipinski definition) is 1. The van der Waals surface area contributed by atoms with Crippen molar-refractivity contribution in [3.8, 4) is 0 Å². The van der Waals surface area contributed by atoms with Crippen LogP contribution in [0.1, 0.15) is 29.8 Å². The summed E-state index contributed by atoms with van der Waals surface area (Å²) in [5.74, 6) is 0. The van der Waals surface area contributed by atoms with Crippen LogP contribution in [0, 0.1) is 6.92 Å². The molecule has 2 rings (SSSR count). The lowest BCUT2D eigenvalue weighted by atomic mass is 10.1. The van der Waals surface area contributed by atoms with Crippen LogP contribution in [-0.4, -0.2) is 15.0 Å². The number of benzene rings is 1. The molecule has 0 aliphatic rings. The molecule has 4 heteroatoms. The van der Waals surface area contributed by atoms with Gasteiger partial charge in [0.15, 0.2) is 0 Å². The minimum absolute atomic E-state index is 0.324. The fourth-order valence-electron chi connectivity index (χ4n) is 1.79. The van der Waals surface area contributed by atoms with Crippen LogP contribution < -0.4 is 5.32 Å². The van der Waals surface area contributed by atoms with E-state index in [9.17, 15) is 0 Å². The molecule has 0 bridgehead atoms. The molecule has 0 saturated heterocycles. The summed E-state index contributed by atoms with van der Waals surface area (Å²) in [6.07, 6.45) is 1.79. The van der Waals surface area contributed by atoms with Gasteiger partial charge in [0.05, 0.1) is 11.9 Å². The van der Waals surface area contributed by atoms with Gasteiger partial charge in [-0.1, -0.05) is 35.0 Å². The van der Waals surface area contributed by atoms with E-state index in [0.717, 1.165) is 12.2 Å². The third-order valence-corrected chi connectivity index (χ3v) is 2.94. The van der Waals surface area contributed by atoms with Crippen LogP contribution in [0.3, 0.4) is 0 Å². The zero-order valence-corrected chi connectivity index (χ0v) is 10.5. The van der Waals surface area contributed by atoms with Crippen molar-refractivity contribution < 1.29 is 0 Å². The molecule has 17 heavy (non-hydrogen) atoms. The SMILES string of the molecule is Cc1cccc([C@@H](C)NCc2cnnn2C)c1. The van der Waals surface area contributed by atoms with Crippen LogP contribution in [-0.2, 0) is 13.6 Å². The van der Waals surface area contributed by atoms with Crippen LogP contribution >= 0.6 is 0 Å². The van der Waals surface area contributed by atoms with Gasteiger partial charge in [0.25, 0.3) is 0 Å². The van der Waals surface area contributed by atoms with Crippen molar-refractivity contribution in [2.24, 2.45) is 7.05 Å². The first-order valence-corrected chi connectivity index (χ1v) is 5.80. The second kappa shape index (κ2) is 5.10. The maximum Gasteiger partial charge on any atom is 0.0738 e. The summed E-state index contributed by atoms with van der Waals surface area (Å²) >= 11 is 0. The van der Waals surface area contributed by atoms with Crippen LogP contribution in [0.2, 0.25) is 0 Å². The van der Waals surface area contributed by atoms with Crippen LogP contribution in [0.4, 0.5) is 0 Å². The first-order chi connectivity index (χ1) is 8.16. The Labute approximate surface area is 102 Å². The Bertz CT molecular complexity index is 490. The summed E-state index contributed by atoms with van der Waals surface area (Å²) in [5, 5.41) is 11.2. The molecule has 0 saturated carbocycles. The van der Waals surface area contributed by atoms with Gasteiger partial charge in [-0.2, -0.15) is 0 Å². The van der Waals surface area contributed by atoms with E-state index in [4.69, 9.17) is 0 Å². The lowest BCUT2D eigenvalue weighted by Crippen LogP contribution is -2.19. The highest BCUT2D eigenvalue weighted by Gasteiger charge is 2.06. The molecule has 0 radical (unpaired) electrons. The molecule has 1 N–H and O–H groups in total. The van der Waals surface area contributed by atoms with Gasteiger partial charge in [0.1, 0.15) is 0 Å². The zero-order valence-electron chi connectivity index (χ0n) is 10.5. The highest BCUT2D eigenvalue weighted by Crippen LogP contribution is 2.14. The van der Waals surface area contributed by atoms with Gasteiger partial charge in [0.2, 0.25) is 0 Å². The van der Waals surface area contributed by atoms with Crippen molar-refractivity contribution in [2.75, 3.05) is 0 Å². The predicted octanol–water partition coefficient (Wildman–Crippen LogP) is 1.97. The Hall–Kier alpha value is -1.68. The molecule has 0 unspecified atom stereocenters. The van der Waals surface area contributed by atoms with Crippen molar-refractivity contribution in [3.05, 3.63) is 47.3 Å². The van der Waals surface area contributed by atoms with Gasteiger partial charge in [-0.15, -0.1) is 5.10 Å². The summed E-state index contributed by atoms with van der Waals surface area (Å²) in [6.45, 7) is 5.05. The molecule has 1 heterocycles. The van der Waals surface area contributed by atoms with Gasteiger partial charge in [-0.3, -0.25) is 4.68 Å². The number of aromatic nitrogens is 3. The van der Waals surface area contributed by atoms with Gasteiger partial charge in [0, 0.05) is 19.6 Å². The van der Waals surface area contributed by atoms with E-state index in [0.29, 0.717) is 6.04 Å². The fourth-order valence-corrected chi connectivity index (χ4v) is 1.79. The Morgan fingerprint density at radius 2 is 2.24 bits per heavy atom. The minimum atomic E-state index is 0.324. The van der Waals surface area contributed by atoms with E-state index in [1.165, 1.54) is 11.1 Å². The highest BCUT2D eigenvalue weighted by molar-refractivity contribution is 5.24. The summed E-state index contributed by atoms with van der Waals surface area (Å²) in [5.41, 5.74) is 3.68. The second-order valence-electron chi connectivity index (χ2n) is 4.37. The van der Waals surface area contributed by atoms with E-state index in [1.807, 2.05) is 7.05 Å². The predicted molar refractivity (Wildman–Crippen MR) is 67.4 cm³/mol. The molecule has 1 aromatic carbocycles. The topological polar surface area (TPSA) is 42.7 Å². The lowest BCUT2D eigenvalue weighted by Gasteiger charge is -2.14. The van der Waals surface area contributed by atoms with Crippen LogP contribution in [0.5, 0.6) is 0 Å². The van der Waals surface area contributed by atoms with Crippen LogP contribution in [0.15, 0.2) is 30.5 Å². The molecule has 0 spiro atoms. The first kappa shape index (κ1) is 11.8. The molecule has 1 atom stereocenters. The number of nitrogens with one attached hydrogen (secondary N) is 1. The van der Waals surface area contributed by atoms with Crippen molar-refractivity contribution in [2.45, 2.75) is 26.4 Å². The number of aryl methyl sites for hydroxylation is 2. The van der Waals surface area contributed by atoms with E-state index in [1.54, 1.807) is 10.9 Å². The standard InChI is InChI=1S/C13H18N4/c1-10-5-4-6-12(7-10)11(2)14-8-13-9-15-16-17(13)3/h4-7,9,11,14H,8H2,1-3H3/t11-/m1/s1. The first-order valence-electron chi connectivity index (χ1n) is 5.80. The monoisotopic (exact) mass is 230 g/mol. The molecule has 0 aliphatic carbocycles. The average Bonchev–Trinajstić information content (AvgIpc) is 2.72. The molecule has 4 nitrogen and oxygen atoms in total. The van der Waals surface area contributed by atoms with Gasteiger partial charge < -0.3 is 5.32 Å². The van der Waals surface area contributed by atoms with E-state index < -0.39 is 0 Å². The zero-order chi connectivity index (χ0) is 12.3. The molecule has 2 aromatic rings. The molecular formula is C13H18N4. The summed E-state index contributed by atoms with van der Waals surface area (Å²) < 4.78 is 1.79. The maximum absolute atomic E-state index is 3.91. The third-order valence-electron chi connectivity index (χ3n) is 2.94. The number of rotatable bonds is 4. The Balaban J connectivity index is 1.98. The molecule has 0 amide bonds. The average molecular weight is 230 g/mol. The van der Waals surface area contributed by atoms with Gasteiger partial charge in [-0.25, -0.2) is 0 Å².